The van der Waals surface area contributed by atoms with E-state index >= 15 is 0 Å². The van der Waals surface area contributed by atoms with Crippen LogP contribution in [0.4, 0.5) is 0 Å². The lowest BCUT2D eigenvalue weighted by molar-refractivity contribution is -0.150. The van der Waals surface area contributed by atoms with Crippen molar-refractivity contribution in [2.75, 3.05) is 6.54 Å². The van der Waals surface area contributed by atoms with Crippen LogP contribution in [0.3, 0.4) is 0 Å². The number of carbonyl (C=O) groups is 2. The SMILES string of the molecule is O=C(NCC1(C(=O)O)CCCCC1)c1n[nH]c(C2CC2)n1. The zero-order valence-electron chi connectivity index (χ0n) is 11.9. The number of carbonyl (C=O) groups excluding carboxylic acids is 1. The van der Waals surface area contributed by atoms with Gasteiger partial charge >= 0.3 is 5.97 Å². The number of hydrogen-bond acceptors (Lipinski definition) is 4. The second-order valence-electron chi connectivity index (χ2n) is 6.15. The summed E-state index contributed by atoms with van der Waals surface area (Å²) in [6.07, 6.45) is 6.25. The van der Waals surface area contributed by atoms with E-state index in [9.17, 15) is 14.7 Å². The van der Waals surface area contributed by atoms with Crippen LogP contribution < -0.4 is 5.32 Å². The van der Waals surface area contributed by atoms with Gasteiger partial charge in [0.15, 0.2) is 0 Å². The molecule has 7 heteroatoms. The Balaban J connectivity index is 1.61. The molecule has 0 aromatic carbocycles. The van der Waals surface area contributed by atoms with E-state index in [-0.39, 0.29) is 12.4 Å². The van der Waals surface area contributed by atoms with Crippen molar-refractivity contribution >= 4 is 11.9 Å². The molecule has 0 bridgehead atoms. The zero-order valence-corrected chi connectivity index (χ0v) is 11.9. The van der Waals surface area contributed by atoms with Crippen molar-refractivity contribution in [3.05, 3.63) is 11.6 Å². The van der Waals surface area contributed by atoms with E-state index < -0.39 is 17.3 Å². The Hall–Kier alpha value is -1.92. The fraction of sp³-hybridized carbons (Fsp3) is 0.714. The summed E-state index contributed by atoms with van der Waals surface area (Å²) in [4.78, 5) is 27.8. The van der Waals surface area contributed by atoms with Gasteiger partial charge in [-0.25, -0.2) is 4.98 Å². The molecule has 21 heavy (non-hydrogen) atoms. The third kappa shape index (κ3) is 2.91. The lowest BCUT2D eigenvalue weighted by Gasteiger charge is -2.32. The zero-order chi connectivity index (χ0) is 14.9. The Morgan fingerprint density at radius 3 is 2.62 bits per heavy atom. The maximum Gasteiger partial charge on any atom is 0.311 e. The summed E-state index contributed by atoms with van der Waals surface area (Å²) in [5.41, 5.74) is -0.830. The van der Waals surface area contributed by atoms with Crippen LogP contribution in [0.2, 0.25) is 0 Å². The number of H-pyrrole nitrogens is 1. The lowest BCUT2D eigenvalue weighted by atomic mass is 9.74. The molecule has 7 nitrogen and oxygen atoms in total. The topological polar surface area (TPSA) is 108 Å². The Bertz CT molecular complexity index is 544. The largest absolute Gasteiger partial charge is 0.481 e. The number of carboxylic acid groups (broad SMARTS) is 1. The maximum atomic E-state index is 12.1. The van der Waals surface area contributed by atoms with Gasteiger partial charge in [0.25, 0.3) is 5.91 Å². The molecular weight excluding hydrogens is 272 g/mol. The molecule has 1 heterocycles. The minimum absolute atomic E-state index is 0.105. The highest BCUT2D eigenvalue weighted by atomic mass is 16.4. The van der Waals surface area contributed by atoms with Gasteiger partial charge in [-0.15, -0.1) is 5.10 Å². The minimum Gasteiger partial charge on any atom is -0.481 e. The monoisotopic (exact) mass is 292 g/mol. The van der Waals surface area contributed by atoms with Crippen molar-refractivity contribution in [2.45, 2.75) is 50.9 Å². The first-order valence-corrected chi connectivity index (χ1v) is 7.55. The number of aromatic nitrogens is 3. The molecule has 2 saturated carbocycles. The summed E-state index contributed by atoms with van der Waals surface area (Å²) in [6.45, 7) is 0.147. The fourth-order valence-electron chi connectivity index (χ4n) is 2.94. The Morgan fingerprint density at radius 1 is 1.29 bits per heavy atom. The van der Waals surface area contributed by atoms with E-state index in [0.29, 0.717) is 18.8 Å². The van der Waals surface area contributed by atoms with Crippen LogP contribution in [0.25, 0.3) is 0 Å². The molecule has 114 valence electrons. The van der Waals surface area contributed by atoms with Gasteiger partial charge in [0.2, 0.25) is 5.82 Å². The van der Waals surface area contributed by atoms with Crippen molar-refractivity contribution in [1.82, 2.24) is 20.5 Å². The average molecular weight is 292 g/mol. The summed E-state index contributed by atoms with van der Waals surface area (Å²) in [6, 6.07) is 0. The molecule has 0 atom stereocenters. The van der Waals surface area contributed by atoms with Crippen molar-refractivity contribution in [3.63, 3.8) is 0 Å². The van der Waals surface area contributed by atoms with Gasteiger partial charge in [0.1, 0.15) is 5.82 Å². The summed E-state index contributed by atoms with van der Waals surface area (Å²) in [5, 5.41) is 18.9. The molecule has 3 N–H and O–H groups in total. The van der Waals surface area contributed by atoms with E-state index in [1.807, 2.05) is 0 Å². The molecule has 2 aliphatic carbocycles. The number of amides is 1. The van der Waals surface area contributed by atoms with Crippen LogP contribution in [0.15, 0.2) is 0 Å². The molecule has 3 rings (SSSR count). The quantitative estimate of drug-likeness (QED) is 0.761. The molecule has 0 unspecified atom stereocenters. The predicted octanol–water partition coefficient (Wildman–Crippen LogP) is 1.45. The summed E-state index contributed by atoms with van der Waals surface area (Å²) in [5.74, 6) is 0.0438. The predicted molar refractivity (Wildman–Crippen MR) is 73.8 cm³/mol. The molecule has 2 aliphatic rings. The van der Waals surface area contributed by atoms with Gasteiger partial charge in [-0.05, 0) is 25.7 Å². The number of rotatable bonds is 5. The summed E-state index contributed by atoms with van der Waals surface area (Å²) in [7, 11) is 0. The first kappa shape index (κ1) is 14.0. The number of carboxylic acids is 1. The van der Waals surface area contributed by atoms with E-state index in [0.717, 1.165) is 37.9 Å². The molecule has 0 aliphatic heterocycles. The van der Waals surface area contributed by atoms with E-state index in [4.69, 9.17) is 0 Å². The van der Waals surface area contributed by atoms with Crippen LogP contribution in [0.5, 0.6) is 0 Å². The molecule has 1 aromatic heterocycles. The average Bonchev–Trinajstić information content (AvgIpc) is 3.23. The number of hydrogen-bond donors (Lipinski definition) is 3. The van der Waals surface area contributed by atoms with Gasteiger partial charge in [-0.3, -0.25) is 14.7 Å². The number of aromatic amines is 1. The highest BCUT2D eigenvalue weighted by Crippen LogP contribution is 2.38. The minimum atomic E-state index is -0.830. The van der Waals surface area contributed by atoms with Crippen molar-refractivity contribution in [1.29, 1.82) is 0 Å². The molecule has 1 amide bonds. The smallest absolute Gasteiger partial charge is 0.311 e. The third-order valence-electron chi connectivity index (χ3n) is 4.52. The Kier molecular flexibility index (Phi) is 3.65. The van der Waals surface area contributed by atoms with Crippen LogP contribution in [0.1, 0.15) is 67.3 Å². The standard InChI is InChI=1S/C14H20N4O3/c19-12(11-16-10(17-18-11)9-4-5-9)15-8-14(13(20)21)6-2-1-3-7-14/h9H,1-8H2,(H,15,19)(H,20,21)(H,16,17,18). The highest BCUT2D eigenvalue weighted by Gasteiger charge is 2.40. The molecular formula is C14H20N4O3. The van der Waals surface area contributed by atoms with Crippen LogP contribution in [0, 0.1) is 5.41 Å². The van der Waals surface area contributed by atoms with E-state index in [1.165, 1.54) is 0 Å². The number of aliphatic carboxylic acids is 1. The second-order valence-corrected chi connectivity index (χ2v) is 6.15. The fourth-order valence-corrected chi connectivity index (χ4v) is 2.94. The van der Waals surface area contributed by atoms with Gasteiger partial charge < -0.3 is 10.4 Å². The highest BCUT2D eigenvalue weighted by molar-refractivity contribution is 5.90. The maximum absolute atomic E-state index is 12.1. The van der Waals surface area contributed by atoms with Crippen molar-refractivity contribution < 1.29 is 14.7 Å². The van der Waals surface area contributed by atoms with Crippen molar-refractivity contribution in [2.24, 2.45) is 5.41 Å². The first-order valence-electron chi connectivity index (χ1n) is 7.55. The molecule has 0 spiro atoms. The number of nitrogens with zero attached hydrogens (tertiary/aromatic N) is 2. The van der Waals surface area contributed by atoms with Crippen molar-refractivity contribution in [3.8, 4) is 0 Å². The van der Waals surface area contributed by atoms with Gasteiger partial charge in [0.05, 0.1) is 5.41 Å². The van der Waals surface area contributed by atoms with Gasteiger partial charge in [0, 0.05) is 12.5 Å². The Morgan fingerprint density at radius 2 is 2.00 bits per heavy atom. The first-order chi connectivity index (χ1) is 10.1. The van der Waals surface area contributed by atoms with Crippen LogP contribution in [-0.4, -0.2) is 38.7 Å². The molecule has 2 fully saturated rings. The van der Waals surface area contributed by atoms with Crippen LogP contribution >= 0.6 is 0 Å². The summed E-state index contributed by atoms with van der Waals surface area (Å²) < 4.78 is 0. The van der Waals surface area contributed by atoms with Gasteiger partial charge in [-0.2, -0.15) is 0 Å². The van der Waals surface area contributed by atoms with E-state index in [2.05, 4.69) is 20.5 Å². The second kappa shape index (κ2) is 5.46. The lowest BCUT2D eigenvalue weighted by Crippen LogP contribution is -2.44. The normalized spacial score (nSPS) is 21.0. The van der Waals surface area contributed by atoms with Crippen LogP contribution in [-0.2, 0) is 4.79 Å². The molecule has 0 saturated heterocycles. The Labute approximate surface area is 122 Å². The summed E-state index contributed by atoms with van der Waals surface area (Å²) >= 11 is 0. The number of nitrogens with one attached hydrogen (secondary N) is 2. The third-order valence-corrected chi connectivity index (χ3v) is 4.52. The molecule has 0 radical (unpaired) electrons. The molecule has 1 aromatic rings. The van der Waals surface area contributed by atoms with E-state index in [1.54, 1.807) is 0 Å². The van der Waals surface area contributed by atoms with Gasteiger partial charge in [-0.1, -0.05) is 19.3 Å².